The lowest BCUT2D eigenvalue weighted by Gasteiger charge is -2.10. The Balaban J connectivity index is 1.66. The van der Waals surface area contributed by atoms with Gasteiger partial charge >= 0.3 is 0 Å². The number of carbonyl (C=O) groups is 1. The van der Waals surface area contributed by atoms with Gasteiger partial charge in [-0.25, -0.2) is 4.98 Å². The molecule has 0 saturated carbocycles. The van der Waals surface area contributed by atoms with Gasteiger partial charge in [0.15, 0.2) is 5.13 Å². The largest absolute Gasteiger partial charge is 0.373 e. The molecule has 0 saturated heterocycles. The zero-order valence-corrected chi connectivity index (χ0v) is 12.3. The van der Waals surface area contributed by atoms with E-state index in [1.165, 1.54) is 16.9 Å². The van der Waals surface area contributed by atoms with Gasteiger partial charge in [-0.2, -0.15) is 0 Å². The van der Waals surface area contributed by atoms with Gasteiger partial charge in [-0.05, 0) is 17.5 Å². The van der Waals surface area contributed by atoms with E-state index in [1.807, 2.05) is 23.6 Å². The molecular weight excluding hydrogens is 270 g/mol. The van der Waals surface area contributed by atoms with Crippen LogP contribution in [0.1, 0.15) is 31.0 Å². The Labute approximate surface area is 122 Å². The second-order valence-electron chi connectivity index (χ2n) is 5.28. The van der Waals surface area contributed by atoms with Crippen LogP contribution in [0.15, 0.2) is 29.6 Å². The van der Waals surface area contributed by atoms with Crippen molar-refractivity contribution in [3.63, 3.8) is 0 Å². The zero-order valence-electron chi connectivity index (χ0n) is 11.5. The van der Waals surface area contributed by atoms with Gasteiger partial charge in [0.2, 0.25) is 5.91 Å². The first-order valence-electron chi connectivity index (χ1n) is 6.74. The molecule has 104 valence electrons. The quantitative estimate of drug-likeness (QED) is 0.911. The molecule has 0 bridgehead atoms. The predicted molar refractivity (Wildman–Crippen MR) is 82.4 cm³/mol. The van der Waals surface area contributed by atoms with E-state index in [2.05, 4.69) is 35.5 Å². The summed E-state index contributed by atoms with van der Waals surface area (Å²) in [5.74, 6) is 0.358. The minimum absolute atomic E-state index is 0.0224. The molecule has 1 aromatic heterocycles. The number of nitrogens with zero attached hydrogens (tertiary/aromatic N) is 1. The Hall–Kier alpha value is -1.88. The van der Waals surface area contributed by atoms with Crippen LogP contribution in [0.3, 0.4) is 0 Å². The van der Waals surface area contributed by atoms with Gasteiger partial charge in [-0.3, -0.25) is 4.79 Å². The number of para-hydroxylation sites is 1. The Bertz CT molecular complexity index is 611. The lowest BCUT2D eigenvalue weighted by Crippen LogP contribution is -2.32. The van der Waals surface area contributed by atoms with Crippen molar-refractivity contribution in [2.24, 2.45) is 0 Å². The first-order chi connectivity index (χ1) is 9.63. The maximum atomic E-state index is 12.3. The fourth-order valence-corrected chi connectivity index (χ4v) is 3.13. The van der Waals surface area contributed by atoms with Crippen LogP contribution in [-0.2, 0) is 11.2 Å². The van der Waals surface area contributed by atoms with Crippen LogP contribution in [0.5, 0.6) is 0 Å². The first kappa shape index (κ1) is 13.1. The summed E-state index contributed by atoms with van der Waals surface area (Å²) in [5.41, 5.74) is 3.26. The Morgan fingerprint density at radius 2 is 2.25 bits per heavy atom. The molecule has 4 nitrogen and oxygen atoms in total. The molecule has 3 rings (SSSR count). The minimum Gasteiger partial charge on any atom is -0.373 e. The van der Waals surface area contributed by atoms with Gasteiger partial charge in [0.1, 0.15) is 6.04 Å². The number of amides is 1. The number of thiazole rings is 1. The standard InChI is InChI=1S/C15H17N3OS/c1-9(2)13-8-20-15(17-13)18-14(19)12-7-10-5-3-4-6-11(10)16-12/h3-6,8-9,12,16H,7H2,1-2H3,(H,17,18,19)/t12-/m0/s1. The number of aromatic nitrogens is 1. The summed E-state index contributed by atoms with van der Waals surface area (Å²) in [4.78, 5) is 16.7. The molecule has 2 aromatic rings. The zero-order chi connectivity index (χ0) is 14.1. The number of rotatable bonds is 3. The van der Waals surface area contributed by atoms with Crippen LogP contribution >= 0.6 is 11.3 Å². The normalized spacial score (nSPS) is 16.9. The van der Waals surface area contributed by atoms with Crippen molar-refractivity contribution in [2.75, 3.05) is 10.6 Å². The molecular formula is C15H17N3OS. The maximum absolute atomic E-state index is 12.3. The van der Waals surface area contributed by atoms with Crippen molar-refractivity contribution in [3.8, 4) is 0 Å². The second kappa shape index (κ2) is 5.25. The number of hydrogen-bond donors (Lipinski definition) is 2. The van der Waals surface area contributed by atoms with E-state index in [-0.39, 0.29) is 11.9 Å². The van der Waals surface area contributed by atoms with Crippen molar-refractivity contribution < 1.29 is 4.79 Å². The lowest BCUT2D eigenvalue weighted by atomic mass is 10.1. The van der Waals surface area contributed by atoms with Crippen LogP contribution < -0.4 is 10.6 Å². The van der Waals surface area contributed by atoms with Gasteiger partial charge in [0.25, 0.3) is 0 Å². The van der Waals surface area contributed by atoms with E-state index in [0.29, 0.717) is 11.0 Å². The van der Waals surface area contributed by atoms with E-state index < -0.39 is 0 Å². The highest BCUT2D eigenvalue weighted by molar-refractivity contribution is 7.13. The molecule has 1 aromatic carbocycles. The van der Waals surface area contributed by atoms with Crippen molar-refractivity contribution in [1.82, 2.24) is 4.98 Å². The molecule has 1 atom stereocenters. The summed E-state index contributed by atoms with van der Waals surface area (Å²) in [6.45, 7) is 4.19. The van der Waals surface area contributed by atoms with Crippen molar-refractivity contribution >= 4 is 28.1 Å². The molecule has 1 aliphatic rings. The highest BCUT2D eigenvalue weighted by Crippen LogP contribution is 2.26. The summed E-state index contributed by atoms with van der Waals surface area (Å²) in [5, 5.41) is 8.82. The van der Waals surface area contributed by atoms with E-state index >= 15 is 0 Å². The lowest BCUT2D eigenvalue weighted by molar-refractivity contribution is -0.116. The summed E-state index contributed by atoms with van der Waals surface area (Å²) < 4.78 is 0. The van der Waals surface area contributed by atoms with Gasteiger partial charge in [0, 0.05) is 17.5 Å². The topological polar surface area (TPSA) is 54.0 Å². The average Bonchev–Trinajstić information content (AvgIpc) is 3.04. The predicted octanol–water partition coefficient (Wildman–Crippen LogP) is 3.24. The highest BCUT2D eigenvalue weighted by atomic mass is 32.1. The number of benzene rings is 1. The summed E-state index contributed by atoms with van der Waals surface area (Å²) in [6, 6.07) is 7.82. The Morgan fingerprint density at radius 1 is 1.45 bits per heavy atom. The third kappa shape index (κ3) is 2.54. The van der Waals surface area contributed by atoms with Gasteiger partial charge < -0.3 is 10.6 Å². The second-order valence-corrected chi connectivity index (χ2v) is 6.14. The number of nitrogens with one attached hydrogen (secondary N) is 2. The van der Waals surface area contributed by atoms with Crippen LogP contribution in [-0.4, -0.2) is 16.9 Å². The monoisotopic (exact) mass is 287 g/mol. The molecule has 0 spiro atoms. The Kier molecular flexibility index (Phi) is 3.44. The van der Waals surface area contributed by atoms with Gasteiger partial charge in [-0.15, -0.1) is 11.3 Å². The molecule has 5 heteroatoms. The molecule has 1 aliphatic heterocycles. The molecule has 0 radical (unpaired) electrons. The SMILES string of the molecule is CC(C)c1csc(NC(=O)[C@@H]2Cc3ccccc3N2)n1. The molecule has 0 unspecified atom stereocenters. The summed E-state index contributed by atoms with van der Waals surface area (Å²) in [6.07, 6.45) is 0.727. The van der Waals surface area contributed by atoms with Crippen LogP contribution in [0.25, 0.3) is 0 Å². The van der Waals surface area contributed by atoms with Crippen molar-refractivity contribution in [1.29, 1.82) is 0 Å². The third-order valence-electron chi connectivity index (χ3n) is 3.43. The van der Waals surface area contributed by atoms with Crippen LogP contribution in [0.4, 0.5) is 10.8 Å². The Morgan fingerprint density at radius 3 is 2.95 bits per heavy atom. The third-order valence-corrected chi connectivity index (χ3v) is 4.21. The van der Waals surface area contributed by atoms with E-state index in [0.717, 1.165) is 17.8 Å². The van der Waals surface area contributed by atoms with Gasteiger partial charge in [-0.1, -0.05) is 32.0 Å². The number of carbonyl (C=O) groups excluding carboxylic acids is 1. The fraction of sp³-hybridized carbons (Fsp3) is 0.333. The number of hydrogen-bond acceptors (Lipinski definition) is 4. The molecule has 2 heterocycles. The fourth-order valence-electron chi connectivity index (χ4n) is 2.26. The summed E-state index contributed by atoms with van der Waals surface area (Å²) >= 11 is 1.48. The van der Waals surface area contributed by atoms with Crippen LogP contribution in [0.2, 0.25) is 0 Å². The highest BCUT2D eigenvalue weighted by Gasteiger charge is 2.26. The average molecular weight is 287 g/mol. The van der Waals surface area contributed by atoms with E-state index in [4.69, 9.17) is 0 Å². The molecule has 2 N–H and O–H groups in total. The first-order valence-corrected chi connectivity index (χ1v) is 7.62. The minimum atomic E-state index is -0.209. The summed E-state index contributed by atoms with van der Waals surface area (Å²) in [7, 11) is 0. The molecule has 20 heavy (non-hydrogen) atoms. The maximum Gasteiger partial charge on any atom is 0.248 e. The van der Waals surface area contributed by atoms with E-state index in [1.54, 1.807) is 0 Å². The number of anilines is 2. The van der Waals surface area contributed by atoms with Gasteiger partial charge in [0.05, 0.1) is 5.69 Å². The molecule has 1 amide bonds. The smallest absolute Gasteiger partial charge is 0.248 e. The van der Waals surface area contributed by atoms with Crippen molar-refractivity contribution in [2.45, 2.75) is 32.2 Å². The van der Waals surface area contributed by atoms with E-state index in [9.17, 15) is 4.79 Å². The van der Waals surface area contributed by atoms with Crippen molar-refractivity contribution in [3.05, 3.63) is 40.9 Å². The van der Waals surface area contributed by atoms with Crippen LogP contribution in [0, 0.1) is 0 Å². The molecule has 0 fully saturated rings. The number of fused-ring (bicyclic) bond motifs is 1. The molecule has 0 aliphatic carbocycles.